The van der Waals surface area contributed by atoms with E-state index in [4.69, 9.17) is 43.6 Å². The van der Waals surface area contributed by atoms with E-state index in [0.717, 1.165) is 24.8 Å². The number of aromatic carboxylic acids is 1. The summed E-state index contributed by atoms with van der Waals surface area (Å²) in [5.74, 6) is -13.8. The Morgan fingerprint density at radius 3 is 2.27 bits per heavy atom. The van der Waals surface area contributed by atoms with Crippen LogP contribution in [0.1, 0.15) is 71.3 Å². The number of amides is 1. The lowest BCUT2D eigenvalue weighted by molar-refractivity contribution is -0.161. The number of nitrogens with zero attached hydrogens (tertiary/aromatic N) is 3. The number of ether oxygens (including phenoxy) is 6. The predicted molar refractivity (Wildman–Crippen MR) is 307 cm³/mol. The van der Waals surface area contributed by atoms with Crippen molar-refractivity contribution >= 4 is 85.6 Å². The van der Waals surface area contributed by atoms with Crippen LogP contribution in [0.2, 0.25) is 0 Å². The summed E-state index contributed by atoms with van der Waals surface area (Å²) >= 11 is 0. The number of nitrogens with two attached hydrogens (primary N) is 1. The van der Waals surface area contributed by atoms with E-state index in [9.17, 15) is 54.3 Å². The number of phenols is 1. The number of esters is 3. The van der Waals surface area contributed by atoms with Crippen LogP contribution in [0.4, 0.5) is 17.1 Å². The van der Waals surface area contributed by atoms with Crippen LogP contribution < -0.4 is 41.5 Å². The molecule has 5 heterocycles. The normalized spacial score (nSPS) is 25.9. The number of aromatic hydroxyl groups is 1. The summed E-state index contributed by atoms with van der Waals surface area (Å²) in [5.41, 5.74) is 1.69. The molecule has 1 aromatic heterocycles. The molecule has 8 N–H and O–H groups in total. The third kappa shape index (κ3) is 12.2. The highest BCUT2D eigenvalue weighted by Gasteiger charge is 2.44. The van der Waals surface area contributed by atoms with Gasteiger partial charge >= 0.3 is 29.7 Å². The molecule has 1 saturated heterocycles. The van der Waals surface area contributed by atoms with Crippen molar-refractivity contribution in [2.45, 2.75) is 92.5 Å². The highest BCUT2D eigenvalue weighted by Crippen LogP contribution is 2.42. The molecule has 0 aliphatic carbocycles. The monoisotopic (exact) mass is 1160 g/mol. The molecule has 24 nitrogen and oxygen atoms in total. The zero-order valence-electron chi connectivity index (χ0n) is 48.1. The summed E-state index contributed by atoms with van der Waals surface area (Å²) in [4.78, 5) is 105. The molecule has 24 heteroatoms. The van der Waals surface area contributed by atoms with Crippen LogP contribution >= 0.6 is 0 Å². The molecule has 9 atom stereocenters. The first kappa shape index (κ1) is 61.5. The van der Waals surface area contributed by atoms with Gasteiger partial charge in [-0.1, -0.05) is 59.8 Å². The number of allylic oxidation sites excluding steroid dienone is 2. The van der Waals surface area contributed by atoms with Crippen LogP contribution in [0.25, 0.3) is 38.7 Å². The predicted octanol–water partition coefficient (Wildman–Crippen LogP) is 4.75. The van der Waals surface area contributed by atoms with Crippen molar-refractivity contribution in [1.82, 2.24) is 9.88 Å². The number of fused-ring (bicyclic) bond motifs is 14. The molecule has 5 aromatic rings. The molecular formula is C60H69N5O19. The quantitative estimate of drug-likeness (QED) is 0.0261. The number of anilines is 3. The topological polar surface area (TPSA) is 347 Å². The molecule has 0 spiro atoms. The highest BCUT2D eigenvalue weighted by molar-refractivity contribution is 6.30. The first-order valence-corrected chi connectivity index (χ1v) is 27.3. The van der Waals surface area contributed by atoms with Crippen molar-refractivity contribution < 1.29 is 82.3 Å². The highest BCUT2D eigenvalue weighted by atomic mass is 16.7. The van der Waals surface area contributed by atoms with Gasteiger partial charge in [0.05, 0.1) is 40.8 Å². The van der Waals surface area contributed by atoms with Gasteiger partial charge in [0.15, 0.2) is 22.4 Å². The SMILES string of the molecule is COC1/C=C/OC2(C)Oc3c(C)c(O)c4c(=O)c(c5oc6cc(N7CCN(CC(C)C)CC7)cc(=O)c6nc5c4c3=C2O)NC(=O)/C(COC(=O)C(=O)Oc2cc(N)ccc2C(=O)O)=C\C=C\C(C)C(O)C(C)C(O)C(C)C(OC(C)=O)C1C. The minimum Gasteiger partial charge on any atom is -0.507 e. The molecule has 84 heavy (non-hydrogen) atoms. The van der Waals surface area contributed by atoms with Gasteiger partial charge in [-0.25, -0.2) is 19.4 Å². The van der Waals surface area contributed by atoms with Gasteiger partial charge < -0.3 is 74.3 Å². The Kier molecular flexibility index (Phi) is 18.1. The summed E-state index contributed by atoms with van der Waals surface area (Å²) in [5, 5.41) is 59.2. The Balaban J connectivity index is 1.33. The number of methoxy groups -OCH3 is 1. The van der Waals surface area contributed by atoms with Gasteiger partial charge in [0.2, 0.25) is 10.9 Å². The molecule has 448 valence electrons. The summed E-state index contributed by atoms with van der Waals surface area (Å²) in [6, 6.07) is 6.24. The van der Waals surface area contributed by atoms with E-state index in [1.165, 1.54) is 64.5 Å². The number of aliphatic hydroxyl groups is 3. The molecule has 0 saturated carbocycles. The summed E-state index contributed by atoms with van der Waals surface area (Å²) in [6.07, 6.45) is 1.97. The molecule has 4 aliphatic rings. The minimum absolute atomic E-state index is 0.0111. The zero-order chi connectivity index (χ0) is 61.4. The summed E-state index contributed by atoms with van der Waals surface area (Å²) < 4.78 is 40.9. The van der Waals surface area contributed by atoms with Gasteiger partial charge in [-0.05, 0) is 31.1 Å². The number of piperazine rings is 1. The number of hydrogen-bond acceptors (Lipinski definition) is 22. The average molecular weight is 1160 g/mol. The number of hydrogen-bond donors (Lipinski definition) is 7. The van der Waals surface area contributed by atoms with Crippen LogP contribution in [0.3, 0.4) is 0 Å². The van der Waals surface area contributed by atoms with Gasteiger partial charge in [-0.3, -0.25) is 24.1 Å². The Morgan fingerprint density at radius 2 is 1.62 bits per heavy atom. The molecule has 0 radical (unpaired) electrons. The second-order valence-corrected chi connectivity index (χ2v) is 22.1. The lowest BCUT2D eigenvalue weighted by Gasteiger charge is -2.38. The molecule has 9 rings (SSSR count). The Morgan fingerprint density at radius 1 is 0.917 bits per heavy atom. The van der Waals surface area contributed by atoms with E-state index in [1.54, 1.807) is 33.8 Å². The van der Waals surface area contributed by atoms with Crippen LogP contribution in [0.5, 0.6) is 17.2 Å². The lowest BCUT2D eigenvalue weighted by atomic mass is 9.78. The Labute approximate surface area is 481 Å². The van der Waals surface area contributed by atoms with Crippen molar-refractivity contribution in [3.8, 4) is 17.2 Å². The van der Waals surface area contributed by atoms with Gasteiger partial charge in [-0.2, -0.15) is 0 Å². The molecule has 4 aromatic carbocycles. The van der Waals surface area contributed by atoms with Gasteiger partial charge in [0.1, 0.15) is 46.7 Å². The number of aliphatic hydroxyl groups excluding tert-OH is 3. The number of aromatic nitrogens is 1. The van der Waals surface area contributed by atoms with Crippen LogP contribution in [0, 0.1) is 36.5 Å². The van der Waals surface area contributed by atoms with Crippen molar-refractivity contribution in [3.63, 3.8) is 0 Å². The van der Waals surface area contributed by atoms with Gasteiger partial charge in [0.25, 0.3) is 5.91 Å². The first-order valence-electron chi connectivity index (χ1n) is 27.3. The molecule has 5 bridgehead atoms. The second-order valence-electron chi connectivity index (χ2n) is 22.1. The maximum atomic E-state index is 15.3. The number of phenolic OH excluding ortho intramolecular Hbond substituents is 1. The van der Waals surface area contributed by atoms with Crippen molar-refractivity contribution in [2.75, 3.05) is 62.4 Å². The maximum absolute atomic E-state index is 15.3. The van der Waals surface area contributed by atoms with Gasteiger partial charge in [0, 0.05) is 118 Å². The van der Waals surface area contributed by atoms with Crippen molar-refractivity contribution in [2.24, 2.45) is 29.6 Å². The fourth-order valence-corrected chi connectivity index (χ4v) is 11.0. The number of carbonyl (C=O) groups is 5. The zero-order valence-corrected chi connectivity index (χ0v) is 48.1. The first-order chi connectivity index (χ1) is 39.6. The standard InChI is InChI=1S/C60H69N5O19/c1-27(2)25-64-17-19-65(20-18-64)36-23-38(67)45-41(24-36)82-54-46(62-45)42-43-50(70)32(7)53-44(42)55(72)60(9,84-53)80-21-16-39(78-10)29(4)52(81-33(8)66)31(6)49(69)30(5)48(68)28(3)12-11-13-34(56(73)63-47(54)51(43)71)26-79-58(76)59(77)83-40-22-35(61)14-15-37(40)57(74)75/h11-16,21-24,27-31,39,48-49,52,68-70,72H,17-20,25-26,61H2,1-10H3,(H,63,73)(H,74,75)/b12-11+,21-16+,34-13-. The third-order valence-corrected chi connectivity index (χ3v) is 15.6. The number of nitrogen functional groups attached to an aromatic ring is 1. The van der Waals surface area contributed by atoms with E-state index in [1.807, 2.05) is 4.90 Å². The minimum atomic E-state index is -2.11. The van der Waals surface area contributed by atoms with Crippen LogP contribution in [-0.4, -0.2) is 142 Å². The van der Waals surface area contributed by atoms with E-state index in [0.29, 0.717) is 37.8 Å². The molecular weight excluding hydrogens is 1090 g/mol. The Bertz CT molecular complexity index is 3740. The number of carboxylic acid groups (broad SMARTS) is 1. The van der Waals surface area contributed by atoms with E-state index in [-0.39, 0.29) is 44.2 Å². The number of nitrogens with one attached hydrogen (secondary N) is 1. The maximum Gasteiger partial charge on any atom is 0.422 e. The third-order valence-electron chi connectivity index (χ3n) is 15.6. The number of carboxylic acids is 1. The fraction of sp³-hybridized carbons (Fsp3) is 0.433. The second kappa shape index (κ2) is 24.7. The van der Waals surface area contributed by atoms with Crippen LogP contribution in [-0.2, 0) is 38.1 Å². The molecule has 1 amide bonds. The smallest absolute Gasteiger partial charge is 0.422 e. The van der Waals surface area contributed by atoms with E-state index >= 15 is 4.79 Å². The number of carbonyl (C=O) groups excluding carboxylic acids is 4. The van der Waals surface area contributed by atoms with E-state index < -0.39 is 146 Å². The molecule has 1 fully saturated rings. The summed E-state index contributed by atoms with van der Waals surface area (Å²) in [6.45, 7) is 17.1. The van der Waals surface area contributed by atoms with Gasteiger partial charge in [-0.15, -0.1) is 0 Å². The number of benzene rings is 4. The van der Waals surface area contributed by atoms with Crippen molar-refractivity contribution in [1.29, 1.82) is 0 Å². The fourth-order valence-electron chi connectivity index (χ4n) is 11.0. The van der Waals surface area contributed by atoms with Crippen molar-refractivity contribution in [3.05, 3.63) is 103 Å². The number of rotatable bonds is 9. The largest absolute Gasteiger partial charge is 0.507 e. The summed E-state index contributed by atoms with van der Waals surface area (Å²) in [7, 11) is 1.39. The lowest BCUT2D eigenvalue weighted by Crippen LogP contribution is -2.47. The van der Waals surface area contributed by atoms with E-state index in [2.05, 4.69) is 24.1 Å². The molecule has 4 aliphatic heterocycles. The van der Waals surface area contributed by atoms with Crippen LogP contribution in [0.15, 0.2) is 80.5 Å². The average Bonchev–Trinajstić information content (AvgIpc) is 1.60. The Hall–Kier alpha value is -8.58. The molecule has 9 unspecified atom stereocenters.